The van der Waals surface area contributed by atoms with Gasteiger partial charge in [-0.25, -0.2) is 9.97 Å². The van der Waals surface area contributed by atoms with Gasteiger partial charge in [0.2, 0.25) is 23.0 Å². The number of likely N-dealkylation sites (N-methyl/N-ethyl adjacent to an activating group) is 1. The minimum Gasteiger partial charge on any atom is -0.386 e. The van der Waals surface area contributed by atoms with E-state index < -0.39 is 19.5 Å². The number of nitrogens with zero attached hydrogens (tertiary/aromatic N) is 9. The topological polar surface area (TPSA) is 196 Å². The van der Waals surface area contributed by atoms with Gasteiger partial charge in [-0.15, -0.1) is 0 Å². The number of halogens is 3. The number of piperidine rings is 2. The summed E-state index contributed by atoms with van der Waals surface area (Å²) in [7, 11) is 7.43. The summed E-state index contributed by atoms with van der Waals surface area (Å²) in [4.78, 5) is 51.4. The molecule has 2 aromatic heterocycles. The molecule has 0 atom stereocenters. The van der Waals surface area contributed by atoms with Gasteiger partial charge in [0.15, 0.2) is 11.6 Å². The van der Waals surface area contributed by atoms with Gasteiger partial charge in [-0.1, -0.05) is 60.6 Å². The van der Waals surface area contributed by atoms with Crippen LogP contribution in [-0.2, 0) is 18.7 Å². The molecule has 4 aromatic carbocycles. The summed E-state index contributed by atoms with van der Waals surface area (Å²) in [6, 6.07) is 28.7. The van der Waals surface area contributed by atoms with Gasteiger partial charge < -0.3 is 60.2 Å². The highest BCUT2D eigenvalue weighted by Gasteiger charge is 2.48. The van der Waals surface area contributed by atoms with Gasteiger partial charge in [0.05, 0.1) is 46.5 Å². The number of hydrogen-bond donors (Lipinski definition) is 5. The molecule has 2 aliphatic carbocycles. The summed E-state index contributed by atoms with van der Waals surface area (Å²) in [6.45, 7) is 17.8. The normalized spacial score (nSPS) is 16.3. The predicted octanol–water partition coefficient (Wildman–Crippen LogP) is 13.5. The van der Waals surface area contributed by atoms with E-state index in [-0.39, 0.29) is 5.91 Å². The maximum Gasteiger partial charge on any atom is 0.250 e. The molecule has 0 unspecified atom stereocenters. The summed E-state index contributed by atoms with van der Waals surface area (Å²) in [5.74, 6) is 1.42. The van der Waals surface area contributed by atoms with E-state index in [2.05, 4.69) is 132 Å². The molecule has 87 heavy (non-hydrogen) atoms. The van der Waals surface area contributed by atoms with Crippen molar-refractivity contribution < 1.29 is 18.7 Å². The van der Waals surface area contributed by atoms with Crippen molar-refractivity contribution in [2.45, 2.75) is 63.5 Å². The molecule has 1 amide bonds. The minimum absolute atomic E-state index is 0.184. The SMILES string of the molecule is C=CC(=O)Cl.C=CC(=O)N(C)c1cc(Nc2ncc(Cl)c(Nc3ccccc3P(C)(C)=O)n2)ccc1N1CCC2(CC1)CC(N(C)C)C2.CNc1cc(Nc2ncc(Cl)c(Nc3ccccc3P(C)(C)=O)n2)ccc1N1CCC2(CC1)CC(N(C)C)C2. The Labute approximate surface area is 528 Å². The summed E-state index contributed by atoms with van der Waals surface area (Å²) in [5.41, 5.74) is 8.08. The average Bonchev–Trinajstić information content (AvgIpc) is 1.43. The van der Waals surface area contributed by atoms with Gasteiger partial charge in [-0.05, 0) is 201 Å². The van der Waals surface area contributed by atoms with Crippen molar-refractivity contribution in [3.63, 3.8) is 0 Å². The number of aromatic nitrogens is 4. The second kappa shape index (κ2) is 28.3. The first-order valence-corrected chi connectivity index (χ1v) is 35.5. The summed E-state index contributed by atoms with van der Waals surface area (Å²) >= 11 is 17.6. The Balaban J connectivity index is 0.000000210. The van der Waals surface area contributed by atoms with E-state index in [0.29, 0.717) is 61.4 Å². The van der Waals surface area contributed by atoms with Crippen molar-refractivity contribution in [3.05, 3.63) is 133 Å². The third kappa shape index (κ3) is 16.6. The zero-order valence-corrected chi connectivity index (χ0v) is 55.7. The molecule has 4 heterocycles. The highest BCUT2D eigenvalue weighted by atomic mass is 35.5. The Morgan fingerprint density at radius 2 is 1.00 bits per heavy atom. The standard InChI is InChI=1S/C32H41ClN7O2P.C29H39ClN7OP.C3H3ClO/c1-7-29(41)39(4)27-18-22(12-13-26(27)40-16-14-32(15-17-40)19-23(20-32)38(2)3)35-31-34-21-24(33)30(37-31)36-25-10-8-9-11-28(25)43(5,6)42;1-31-24-16-20(10-11-25(24)37-14-12-29(13-15-37)17-21(18-29)36(2)3)33-28-32-19-22(30)27(35-28)34-23-8-6-7-9-26(23)39(4,5)38;1-2-3(4)5/h7-13,18,21,23H,1,14-17,19-20H2,2-6H3,(H2,34,35,36,37);6-11,16,19,21,31H,12-15,17-18H2,1-5H3,(H2,32,33,34,35);2H,1H2. The van der Waals surface area contributed by atoms with Crippen LogP contribution in [-0.4, -0.2) is 148 Å². The second-order valence-electron chi connectivity index (χ2n) is 24.3. The molecule has 5 N–H and O–H groups in total. The van der Waals surface area contributed by atoms with Crippen molar-refractivity contribution in [1.82, 2.24) is 29.7 Å². The average molecular weight is 1280 g/mol. The molecule has 18 nitrogen and oxygen atoms in total. The molecule has 2 spiro atoms. The molecule has 23 heteroatoms. The van der Waals surface area contributed by atoms with Gasteiger partial charge in [0, 0.05) is 74.3 Å². The van der Waals surface area contributed by atoms with E-state index in [0.717, 1.165) is 90.6 Å². The van der Waals surface area contributed by atoms with E-state index in [1.165, 1.54) is 56.5 Å². The Kier molecular flexibility index (Phi) is 21.6. The molecule has 4 aliphatic rings. The number of amides is 1. The van der Waals surface area contributed by atoms with E-state index in [9.17, 15) is 18.7 Å². The van der Waals surface area contributed by atoms with Gasteiger partial charge in [0.25, 0.3) is 0 Å². The Hall–Kier alpha value is -6.49. The largest absolute Gasteiger partial charge is 0.386 e. The van der Waals surface area contributed by atoms with E-state index in [1.54, 1.807) is 44.8 Å². The lowest BCUT2D eigenvalue weighted by Crippen LogP contribution is -2.53. The van der Waals surface area contributed by atoms with Gasteiger partial charge in [-0.3, -0.25) is 9.59 Å². The Bertz CT molecular complexity index is 3550. The Morgan fingerprint density at radius 1 is 0.598 bits per heavy atom. The fraction of sp³-hybridized carbons (Fsp3) is 0.406. The number of allylic oxidation sites excluding steroid dienone is 1. The van der Waals surface area contributed by atoms with E-state index >= 15 is 0 Å². The number of carbonyl (C=O) groups excluding carboxylic acids is 2. The number of hydrogen-bond acceptors (Lipinski definition) is 17. The van der Waals surface area contributed by atoms with Crippen LogP contribution in [0.2, 0.25) is 10.0 Å². The maximum absolute atomic E-state index is 12.8. The molecule has 2 saturated carbocycles. The van der Waals surface area contributed by atoms with Crippen molar-refractivity contribution in [2.75, 3.05) is 136 Å². The highest BCUT2D eigenvalue weighted by molar-refractivity contribution is 7.70. The Morgan fingerprint density at radius 3 is 1.39 bits per heavy atom. The molecule has 6 aromatic rings. The number of benzene rings is 4. The monoisotopic (exact) mass is 1280 g/mol. The first-order valence-electron chi connectivity index (χ1n) is 29.2. The number of carbonyl (C=O) groups is 2. The summed E-state index contributed by atoms with van der Waals surface area (Å²) in [6.07, 6.45) is 15.5. The number of rotatable bonds is 18. The van der Waals surface area contributed by atoms with Crippen LogP contribution in [0.4, 0.5) is 69.0 Å². The summed E-state index contributed by atoms with van der Waals surface area (Å²) in [5, 5.41) is 18.1. The quantitative estimate of drug-likeness (QED) is 0.0309. The van der Waals surface area contributed by atoms with Gasteiger partial charge >= 0.3 is 0 Å². The van der Waals surface area contributed by atoms with Crippen LogP contribution in [0.3, 0.4) is 0 Å². The molecule has 0 bridgehead atoms. The van der Waals surface area contributed by atoms with Gasteiger partial charge in [-0.2, -0.15) is 9.97 Å². The smallest absolute Gasteiger partial charge is 0.250 e. The molecule has 10 rings (SSSR count). The van der Waals surface area contributed by atoms with Crippen LogP contribution in [0.1, 0.15) is 51.4 Å². The third-order valence-electron chi connectivity index (χ3n) is 17.2. The van der Waals surface area contributed by atoms with Crippen LogP contribution in [0, 0.1) is 10.8 Å². The number of para-hydroxylation sites is 2. The van der Waals surface area contributed by atoms with Crippen LogP contribution < -0.4 is 51.9 Å². The van der Waals surface area contributed by atoms with Gasteiger partial charge in [0.1, 0.15) is 24.3 Å². The molecule has 0 radical (unpaired) electrons. The van der Waals surface area contributed by atoms with Crippen LogP contribution >= 0.6 is 49.1 Å². The fourth-order valence-electron chi connectivity index (χ4n) is 12.0. The lowest BCUT2D eigenvalue weighted by Gasteiger charge is -2.54. The fourth-order valence-corrected chi connectivity index (χ4v) is 14.6. The predicted molar refractivity (Wildman–Crippen MR) is 367 cm³/mol. The number of anilines is 12. The van der Waals surface area contributed by atoms with Crippen molar-refractivity contribution in [2.24, 2.45) is 10.8 Å². The lowest BCUT2D eigenvalue weighted by atomic mass is 9.60. The van der Waals surface area contributed by atoms with Crippen molar-refractivity contribution in [3.8, 4) is 0 Å². The molecular formula is C64H83Cl3N14O4P2. The second-order valence-corrected chi connectivity index (χ2v) is 31.9. The maximum atomic E-state index is 12.8. The highest BCUT2D eigenvalue weighted by Crippen LogP contribution is 2.53. The zero-order chi connectivity index (χ0) is 63.0. The van der Waals surface area contributed by atoms with Crippen molar-refractivity contribution in [1.29, 1.82) is 0 Å². The lowest BCUT2D eigenvalue weighted by molar-refractivity contribution is -0.114. The molecule has 464 valence electrons. The van der Waals surface area contributed by atoms with Crippen LogP contribution in [0.25, 0.3) is 0 Å². The zero-order valence-electron chi connectivity index (χ0n) is 51.6. The molecular weight excluding hydrogens is 1200 g/mol. The van der Waals surface area contributed by atoms with E-state index in [1.807, 2.05) is 67.7 Å². The first kappa shape index (κ1) is 66.5. The molecule has 2 saturated heterocycles. The molecule has 4 fully saturated rings. The third-order valence-corrected chi connectivity index (χ3v) is 21.0. The van der Waals surface area contributed by atoms with Crippen LogP contribution in [0.15, 0.2) is 123 Å². The summed E-state index contributed by atoms with van der Waals surface area (Å²) < 4.78 is 25.6. The molecule has 2 aliphatic heterocycles. The van der Waals surface area contributed by atoms with E-state index in [4.69, 9.17) is 34.8 Å². The van der Waals surface area contributed by atoms with Crippen molar-refractivity contribution >= 4 is 140 Å². The van der Waals surface area contributed by atoms with Crippen LogP contribution in [0.5, 0.6) is 0 Å². The minimum atomic E-state index is -2.54. The number of nitrogens with one attached hydrogen (secondary N) is 5. The first-order chi connectivity index (χ1) is 41.2.